The summed E-state index contributed by atoms with van der Waals surface area (Å²) in [5.41, 5.74) is 1.87. The lowest BCUT2D eigenvalue weighted by atomic mass is 10.0. The van der Waals surface area contributed by atoms with Crippen LogP contribution in [0, 0.1) is 6.92 Å². The monoisotopic (exact) mass is 314 g/mol. The van der Waals surface area contributed by atoms with Crippen LogP contribution in [0.4, 0.5) is 5.82 Å². The zero-order chi connectivity index (χ0) is 16.2. The molecule has 0 atom stereocenters. The lowest BCUT2D eigenvalue weighted by Crippen LogP contribution is -2.39. The second kappa shape index (κ2) is 6.87. The van der Waals surface area contributed by atoms with E-state index in [1.807, 2.05) is 13.0 Å². The molecule has 0 bridgehead atoms. The lowest BCUT2D eigenvalue weighted by molar-refractivity contribution is 0.206. The van der Waals surface area contributed by atoms with Crippen molar-refractivity contribution in [1.82, 2.24) is 24.4 Å². The second-order valence-corrected chi connectivity index (χ2v) is 6.04. The van der Waals surface area contributed by atoms with Crippen LogP contribution in [0.5, 0.6) is 0 Å². The molecular formula is C16H22N6O. The third-order valence-electron chi connectivity index (χ3n) is 4.30. The third kappa shape index (κ3) is 3.92. The average Bonchev–Trinajstić information content (AvgIpc) is 2.54. The van der Waals surface area contributed by atoms with Crippen molar-refractivity contribution in [2.45, 2.75) is 32.4 Å². The maximum absolute atomic E-state index is 11.6. The van der Waals surface area contributed by atoms with E-state index < -0.39 is 0 Å². The Morgan fingerprint density at radius 3 is 2.78 bits per heavy atom. The van der Waals surface area contributed by atoms with Gasteiger partial charge in [0.15, 0.2) is 0 Å². The third-order valence-corrected chi connectivity index (χ3v) is 4.30. The first-order valence-corrected chi connectivity index (χ1v) is 7.89. The van der Waals surface area contributed by atoms with Crippen molar-refractivity contribution in [3.8, 4) is 0 Å². The Bertz CT molecular complexity index is 721. The summed E-state index contributed by atoms with van der Waals surface area (Å²) in [6, 6.07) is 2.40. The summed E-state index contributed by atoms with van der Waals surface area (Å²) in [7, 11) is 1.80. The molecule has 3 rings (SSSR count). The van der Waals surface area contributed by atoms with Crippen LogP contribution in [0.25, 0.3) is 0 Å². The van der Waals surface area contributed by atoms with Crippen LogP contribution in [-0.4, -0.2) is 43.6 Å². The molecule has 1 saturated heterocycles. The lowest BCUT2D eigenvalue weighted by Gasteiger charge is -2.32. The van der Waals surface area contributed by atoms with Gasteiger partial charge in [-0.05, 0) is 19.8 Å². The highest BCUT2D eigenvalue weighted by Crippen LogP contribution is 2.16. The SMILES string of the molecule is Cc1cc(NC2CCN(Cc3cncc(=O)n3C)CC2)ncn1. The first-order valence-electron chi connectivity index (χ1n) is 7.89. The molecule has 7 heteroatoms. The zero-order valence-electron chi connectivity index (χ0n) is 13.6. The summed E-state index contributed by atoms with van der Waals surface area (Å²) in [4.78, 5) is 26.4. The summed E-state index contributed by atoms with van der Waals surface area (Å²) < 4.78 is 1.67. The minimum absolute atomic E-state index is 0.0572. The van der Waals surface area contributed by atoms with Gasteiger partial charge in [0.25, 0.3) is 5.56 Å². The summed E-state index contributed by atoms with van der Waals surface area (Å²) in [6.45, 7) is 4.71. The molecule has 0 radical (unpaired) electrons. The van der Waals surface area contributed by atoms with E-state index in [2.05, 4.69) is 25.2 Å². The van der Waals surface area contributed by atoms with Crippen molar-refractivity contribution in [3.05, 3.63) is 46.5 Å². The van der Waals surface area contributed by atoms with Gasteiger partial charge in [0, 0.05) is 50.7 Å². The standard InChI is InChI=1S/C16H22N6O/c1-12-7-15(19-11-18-12)20-13-3-5-22(6-4-13)10-14-8-17-9-16(23)21(14)2/h7-9,11,13H,3-6,10H2,1-2H3,(H,18,19,20). The molecule has 2 aromatic rings. The molecule has 0 amide bonds. The molecule has 1 N–H and O–H groups in total. The number of aryl methyl sites for hydroxylation is 1. The molecule has 1 aliphatic heterocycles. The minimum Gasteiger partial charge on any atom is -0.367 e. The van der Waals surface area contributed by atoms with Crippen molar-refractivity contribution in [3.63, 3.8) is 0 Å². The quantitative estimate of drug-likeness (QED) is 0.906. The molecule has 0 spiro atoms. The van der Waals surface area contributed by atoms with Crippen molar-refractivity contribution in [2.24, 2.45) is 7.05 Å². The van der Waals surface area contributed by atoms with E-state index in [9.17, 15) is 4.79 Å². The van der Waals surface area contributed by atoms with Gasteiger partial charge in [-0.15, -0.1) is 0 Å². The summed E-state index contributed by atoms with van der Waals surface area (Å²) in [5, 5.41) is 3.48. The minimum atomic E-state index is -0.0572. The predicted octanol–water partition coefficient (Wildman–Crippen LogP) is 0.955. The highest BCUT2D eigenvalue weighted by Gasteiger charge is 2.20. The molecule has 122 valence electrons. The van der Waals surface area contributed by atoms with Crippen LogP contribution in [0.2, 0.25) is 0 Å². The maximum atomic E-state index is 11.6. The summed E-state index contributed by atoms with van der Waals surface area (Å²) >= 11 is 0. The highest BCUT2D eigenvalue weighted by atomic mass is 16.1. The van der Waals surface area contributed by atoms with E-state index in [1.165, 1.54) is 6.20 Å². The van der Waals surface area contributed by atoms with Crippen LogP contribution in [-0.2, 0) is 13.6 Å². The fraction of sp³-hybridized carbons (Fsp3) is 0.500. The van der Waals surface area contributed by atoms with E-state index in [4.69, 9.17) is 0 Å². The smallest absolute Gasteiger partial charge is 0.268 e. The number of likely N-dealkylation sites (tertiary alicyclic amines) is 1. The van der Waals surface area contributed by atoms with E-state index in [-0.39, 0.29) is 5.56 Å². The summed E-state index contributed by atoms with van der Waals surface area (Å²) in [6.07, 6.45) is 6.82. The number of nitrogens with zero attached hydrogens (tertiary/aromatic N) is 5. The normalized spacial score (nSPS) is 16.4. The number of hydrogen-bond acceptors (Lipinski definition) is 6. The highest BCUT2D eigenvalue weighted by molar-refractivity contribution is 5.35. The Hall–Kier alpha value is -2.28. The van der Waals surface area contributed by atoms with Crippen molar-refractivity contribution < 1.29 is 0 Å². The molecule has 0 aromatic carbocycles. The zero-order valence-corrected chi connectivity index (χ0v) is 13.6. The van der Waals surface area contributed by atoms with Gasteiger partial charge >= 0.3 is 0 Å². The van der Waals surface area contributed by atoms with Crippen LogP contribution in [0.15, 0.2) is 29.6 Å². The van der Waals surface area contributed by atoms with Crippen LogP contribution in [0.3, 0.4) is 0 Å². The first kappa shape index (κ1) is 15.6. The van der Waals surface area contributed by atoms with Gasteiger partial charge in [-0.25, -0.2) is 9.97 Å². The Balaban J connectivity index is 1.54. The number of rotatable bonds is 4. The van der Waals surface area contributed by atoms with E-state index in [0.717, 1.165) is 49.7 Å². The van der Waals surface area contributed by atoms with Gasteiger partial charge < -0.3 is 9.88 Å². The summed E-state index contributed by atoms with van der Waals surface area (Å²) in [5.74, 6) is 0.894. The second-order valence-electron chi connectivity index (χ2n) is 6.04. The van der Waals surface area contributed by atoms with Gasteiger partial charge in [-0.3, -0.25) is 14.7 Å². The number of nitrogens with one attached hydrogen (secondary N) is 1. The van der Waals surface area contributed by atoms with Gasteiger partial charge in [-0.1, -0.05) is 0 Å². The largest absolute Gasteiger partial charge is 0.367 e. The van der Waals surface area contributed by atoms with Gasteiger partial charge in [0.2, 0.25) is 0 Å². The van der Waals surface area contributed by atoms with E-state index >= 15 is 0 Å². The fourth-order valence-electron chi connectivity index (χ4n) is 2.86. The molecule has 1 aliphatic rings. The molecular weight excluding hydrogens is 292 g/mol. The average molecular weight is 314 g/mol. The van der Waals surface area contributed by atoms with Crippen molar-refractivity contribution >= 4 is 5.82 Å². The molecule has 0 aliphatic carbocycles. The Morgan fingerprint density at radius 2 is 2.04 bits per heavy atom. The molecule has 3 heterocycles. The molecule has 0 saturated carbocycles. The predicted molar refractivity (Wildman–Crippen MR) is 88.2 cm³/mol. The molecule has 0 unspecified atom stereocenters. The maximum Gasteiger partial charge on any atom is 0.268 e. The van der Waals surface area contributed by atoms with Gasteiger partial charge in [0.05, 0.1) is 11.9 Å². The first-order chi connectivity index (χ1) is 11.1. The number of anilines is 1. The van der Waals surface area contributed by atoms with Crippen molar-refractivity contribution in [2.75, 3.05) is 18.4 Å². The van der Waals surface area contributed by atoms with Gasteiger partial charge in [-0.2, -0.15) is 0 Å². The van der Waals surface area contributed by atoms with Crippen molar-refractivity contribution in [1.29, 1.82) is 0 Å². The molecule has 7 nitrogen and oxygen atoms in total. The fourth-order valence-corrected chi connectivity index (χ4v) is 2.86. The number of aromatic nitrogens is 4. The number of hydrogen-bond donors (Lipinski definition) is 1. The Labute approximate surface area is 135 Å². The molecule has 1 fully saturated rings. The van der Waals surface area contributed by atoms with E-state index in [1.54, 1.807) is 24.1 Å². The number of piperidine rings is 1. The van der Waals surface area contributed by atoms with Crippen LogP contribution in [0.1, 0.15) is 24.2 Å². The Morgan fingerprint density at radius 1 is 1.26 bits per heavy atom. The molecule has 23 heavy (non-hydrogen) atoms. The Kier molecular flexibility index (Phi) is 4.66. The topological polar surface area (TPSA) is 75.9 Å². The van der Waals surface area contributed by atoms with Crippen LogP contribution >= 0.6 is 0 Å². The van der Waals surface area contributed by atoms with Gasteiger partial charge in [0.1, 0.15) is 12.1 Å². The van der Waals surface area contributed by atoms with E-state index in [0.29, 0.717) is 6.04 Å². The molecule has 2 aromatic heterocycles. The van der Waals surface area contributed by atoms with Crippen LogP contribution < -0.4 is 10.9 Å².